The highest BCUT2D eigenvalue weighted by atomic mass is 79.9. The Morgan fingerprint density at radius 1 is 1.31 bits per heavy atom. The van der Waals surface area contributed by atoms with Crippen LogP contribution in [0, 0.1) is 0 Å². The highest BCUT2D eigenvalue weighted by molar-refractivity contribution is 9.10. The van der Waals surface area contributed by atoms with Crippen molar-refractivity contribution in [2.45, 2.75) is 26.2 Å². The Bertz CT molecular complexity index is 324. The predicted molar refractivity (Wildman–Crippen MR) is 68.6 cm³/mol. The number of benzene rings is 1. The molecule has 0 aliphatic carbocycles. The van der Waals surface area contributed by atoms with Gasteiger partial charge in [-0.3, -0.25) is 5.32 Å². The minimum Gasteiger partial charge on any atom is -0.449 e. The van der Waals surface area contributed by atoms with Crippen LogP contribution in [0.25, 0.3) is 0 Å². The van der Waals surface area contributed by atoms with E-state index in [4.69, 9.17) is 4.74 Å². The molecule has 1 N–H and O–H groups in total. The van der Waals surface area contributed by atoms with Crippen molar-refractivity contribution in [2.24, 2.45) is 0 Å². The summed E-state index contributed by atoms with van der Waals surface area (Å²) in [5, 5.41) is 2.66. The van der Waals surface area contributed by atoms with Crippen molar-refractivity contribution < 1.29 is 9.53 Å². The van der Waals surface area contributed by atoms with E-state index in [0.717, 1.165) is 29.4 Å². The molecule has 0 atom stereocenters. The van der Waals surface area contributed by atoms with E-state index < -0.39 is 6.09 Å². The maximum Gasteiger partial charge on any atom is 0.411 e. The third-order valence-corrected chi connectivity index (χ3v) is 2.60. The van der Waals surface area contributed by atoms with Crippen molar-refractivity contribution in [3.05, 3.63) is 28.7 Å². The molecule has 1 aromatic carbocycles. The normalized spacial score (nSPS) is 9.88. The maximum atomic E-state index is 11.3. The van der Waals surface area contributed by atoms with E-state index in [1.54, 1.807) is 0 Å². The Labute approximate surface area is 104 Å². The molecule has 0 aliphatic heterocycles. The molecule has 0 aromatic heterocycles. The summed E-state index contributed by atoms with van der Waals surface area (Å²) >= 11 is 3.33. The number of nitrogens with one attached hydrogen (secondary N) is 1. The van der Waals surface area contributed by atoms with Crippen molar-refractivity contribution in [1.29, 1.82) is 0 Å². The number of carbonyl (C=O) groups excluding carboxylic acids is 1. The van der Waals surface area contributed by atoms with Crippen LogP contribution in [0.4, 0.5) is 10.5 Å². The number of carbonyl (C=O) groups is 1. The standard InChI is InChI=1S/C12H16BrNO2/c1-2-3-4-9-16-12(15)14-11-7-5-10(13)6-8-11/h5-8H,2-4,9H2,1H3,(H,14,15). The first-order valence-corrected chi connectivity index (χ1v) is 6.21. The van der Waals surface area contributed by atoms with E-state index >= 15 is 0 Å². The third-order valence-electron chi connectivity index (χ3n) is 2.07. The topological polar surface area (TPSA) is 38.3 Å². The lowest BCUT2D eigenvalue weighted by Gasteiger charge is -2.06. The van der Waals surface area contributed by atoms with Crippen LogP contribution in [0.1, 0.15) is 26.2 Å². The summed E-state index contributed by atoms with van der Waals surface area (Å²) in [6, 6.07) is 7.37. The van der Waals surface area contributed by atoms with E-state index in [0.29, 0.717) is 6.61 Å². The Balaban J connectivity index is 2.26. The fraction of sp³-hybridized carbons (Fsp3) is 0.417. The summed E-state index contributed by atoms with van der Waals surface area (Å²) in [7, 11) is 0. The number of halogens is 1. The molecule has 0 saturated carbocycles. The van der Waals surface area contributed by atoms with Crippen LogP contribution in [0.15, 0.2) is 28.7 Å². The second-order valence-corrected chi connectivity index (χ2v) is 4.39. The summed E-state index contributed by atoms with van der Waals surface area (Å²) in [6.07, 6.45) is 2.74. The van der Waals surface area contributed by atoms with E-state index in [2.05, 4.69) is 28.2 Å². The van der Waals surface area contributed by atoms with Gasteiger partial charge in [-0.05, 0) is 30.7 Å². The average molecular weight is 286 g/mol. The SMILES string of the molecule is CCCCCOC(=O)Nc1ccc(Br)cc1. The fourth-order valence-electron chi connectivity index (χ4n) is 1.20. The van der Waals surface area contributed by atoms with Crippen LogP contribution in [-0.4, -0.2) is 12.7 Å². The molecule has 1 aromatic rings. The van der Waals surface area contributed by atoms with Gasteiger partial charge in [0.1, 0.15) is 0 Å². The van der Waals surface area contributed by atoms with Crippen molar-refractivity contribution in [1.82, 2.24) is 0 Å². The van der Waals surface area contributed by atoms with Crippen molar-refractivity contribution in [2.75, 3.05) is 11.9 Å². The quantitative estimate of drug-likeness (QED) is 0.824. The summed E-state index contributed by atoms with van der Waals surface area (Å²) in [4.78, 5) is 11.3. The Kier molecular flexibility index (Phi) is 5.93. The Hall–Kier alpha value is -1.03. The molecule has 0 fully saturated rings. The molecule has 0 bridgehead atoms. The minimum atomic E-state index is -0.390. The molecule has 0 heterocycles. The second-order valence-electron chi connectivity index (χ2n) is 3.47. The zero-order valence-electron chi connectivity index (χ0n) is 9.33. The van der Waals surface area contributed by atoms with Crippen molar-refractivity contribution >= 4 is 27.7 Å². The molecule has 1 amide bonds. The molecule has 0 saturated heterocycles. The third kappa shape index (κ3) is 5.16. The molecule has 0 unspecified atom stereocenters. The largest absolute Gasteiger partial charge is 0.449 e. The smallest absolute Gasteiger partial charge is 0.411 e. The van der Waals surface area contributed by atoms with Gasteiger partial charge in [-0.25, -0.2) is 4.79 Å². The van der Waals surface area contributed by atoms with Gasteiger partial charge in [-0.2, -0.15) is 0 Å². The maximum absolute atomic E-state index is 11.3. The molecule has 3 nitrogen and oxygen atoms in total. The number of unbranched alkanes of at least 4 members (excludes halogenated alkanes) is 2. The summed E-state index contributed by atoms with van der Waals surface area (Å²) in [5.74, 6) is 0. The summed E-state index contributed by atoms with van der Waals surface area (Å²) < 4.78 is 6.00. The molecule has 1 rings (SSSR count). The van der Waals surface area contributed by atoms with Gasteiger partial charge in [0.2, 0.25) is 0 Å². The number of hydrogen-bond acceptors (Lipinski definition) is 2. The number of hydrogen-bond donors (Lipinski definition) is 1. The van der Waals surface area contributed by atoms with E-state index in [1.807, 2.05) is 24.3 Å². The molecule has 0 aliphatic rings. The lowest BCUT2D eigenvalue weighted by molar-refractivity contribution is 0.159. The van der Waals surface area contributed by atoms with Crippen LogP contribution >= 0.6 is 15.9 Å². The number of ether oxygens (including phenoxy) is 1. The van der Waals surface area contributed by atoms with E-state index in [9.17, 15) is 4.79 Å². The summed E-state index contributed by atoms with van der Waals surface area (Å²) in [5.41, 5.74) is 0.740. The highest BCUT2D eigenvalue weighted by Gasteiger charge is 2.01. The number of rotatable bonds is 5. The van der Waals surface area contributed by atoms with Gasteiger partial charge in [-0.15, -0.1) is 0 Å². The van der Waals surface area contributed by atoms with Gasteiger partial charge < -0.3 is 4.74 Å². The van der Waals surface area contributed by atoms with Crippen LogP contribution in [-0.2, 0) is 4.74 Å². The Morgan fingerprint density at radius 2 is 2.00 bits per heavy atom. The van der Waals surface area contributed by atoms with E-state index in [1.165, 1.54) is 0 Å². The van der Waals surface area contributed by atoms with Gasteiger partial charge in [0, 0.05) is 10.2 Å². The predicted octanol–water partition coefficient (Wildman–Crippen LogP) is 4.19. The molecule has 0 spiro atoms. The van der Waals surface area contributed by atoms with E-state index in [-0.39, 0.29) is 0 Å². The van der Waals surface area contributed by atoms with Crippen LogP contribution < -0.4 is 5.32 Å². The lowest BCUT2D eigenvalue weighted by Crippen LogP contribution is -2.14. The molecular weight excluding hydrogens is 270 g/mol. The molecule has 0 radical (unpaired) electrons. The fourth-order valence-corrected chi connectivity index (χ4v) is 1.47. The van der Waals surface area contributed by atoms with Gasteiger partial charge in [-0.1, -0.05) is 35.7 Å². The number of amides is 1. The molecule has 4 heteroatoms. The summed E-state index contributed by atoms with van der Waals surface area (Å²) in [6.45, 7) is 2.60. The Morgan fingerprint density at radius 3 is 2.62 bits per heavy atom. The first-order valence-electron chi connectivity index (χ1n) is 5.41. The van der Waals surface area contributed by atoms with Crippen LogP contribution in [0.5, 0.6) is 0 Å². The second kappa shape index (κ2) is 7.28. The highest BCUT2D eigenvalue weighted by Crippen LogP contribution is 2.14. The van der Waals surface area contributed by atoms with Gasteiger partial charge in [0.25, 0.3) is 0 Å². The lowest BCUT2D eigenvalue weighted by atomic mass is 10.3. The first-order chi connectivity index (χ1) is 7.72. The van der Waals surface area contributed by atoms with Crippen molar-refractivity contribution in [3.8, 4) is 0 Å². The van der Waals surface area contributed by atoms with Gasteiger partial charge in [0.05, 0.1) is 6.61 Å². The van der Waals surface area contributed by atoms with Gasteiger partial charge in [0.15, 0.2) is 0 Å². The molecule has 16 heavy (non-hydrogen) atoms. The minimum absolute atomic E-state index is 0.390. The zero-order chi connectivity index (χ0) is 11.8. The molecule has 88 valence electrons. The zero-order valence-corrected chi connectivity index (χ0v) is 10.9. The first kappa shape index (κ1) is 13.0. The average Bonchev–Trinajstić information content (AvgIpc) is 2.28. The van der Waals surface area contributed by atoms with Crippen LogP contribution in [0.3, 0.4) is 0 Å². The number of anilines is 1. The van der Waals surface area contributed by atoms with Gasteiger partial charge >= 0.3 is 6.09 Å². The monoisotopic (exact) mass is 285 g/mol. The van der Waals surface area contributed by atoms with Crippen LogP contribution in [0.2, 0.25) is 0 Å². The van der Waals surface area contributed by atoms with Crippen molar-refractivity contribution in [3.63, 3.8) is 0 Å². The molecular formula is C12H16BrNO2.